The molecule has 0 saturated heterocycles. The Hall–Kier alpha value is -1.84. The molecule has 5 nitrogen and oxygen atoms in total. The van der Waals surface area contributed by atoms with E-state index >= 15 is 0 Å². The van der Waals surface area contributed by atoms with Gasteiger partial charge in [-0.05, 0) is 17.6 Å². The summed E-state index contributed by atoms with van der Waals surface area (Å²) >= 11 is 0. The second-order valence-electron chi connectivity index (χ2n) is 2.60. The monoisotopic (exact) mass is 191 g/mol. The molecular formula is C8H6BNO4. The summed E-state index contributed by atoms with van der Waals surface area (Å²) in [6.45, 7) is 0. The van der Waals surface area contributed by atoms with Crippen LogP contribution in [0.5, 0.6) is 0 Å². The molecule has 1 aromatic carbocycles. The number of carboxylic acids is 1. The van der Waals surface area contributed by atoms with Gasteiger partial charge < -0.3 is 15.2 Å². The molecule has 0 aliphatic carbocycles. The van der Waals surface area contributed by atoms with Gasteiger partial charge in [-0.25, -0.2) is 4.79 Å². The fourth-order valence-electron chi connectivity index (χ4n) is 0.997. The third-order valence-electron chi connectivity index (χ3n) is 1.69. The van der Waals surface area contributed by atoms with Gasteiger partial charge in [0.2, 0.25) is 0 Å². The van der Waals surface area contributed by atoms with E-state index in [-0.39, 0.29) is 16.6 Å². The lowest BCUT2D eigenvalue weighted by Crippen LogP contribution is -2.30. The zero-order valence-corrected chi connectivity index (χ0v) is 7.01. The minimum Gasteiger partial charge on any atom is -0.478 e. The van der Waals surface area contributed by atoms with Crippen molar-refractivity contribution in [2.45, 2.75) is 0 Å². The highest BCUT2D eigenvalue weighted by atomic mass is 16.4. The third kappa shape index (κ3) is 1.91. The maximum atomic E-state index is 10.6. The Labute approximate surface area is 80.0 Å². The van der Waals surface area contributed by atoms with Crippen LogP contribution in [0.4, 0.5) is 0 Å². The van der Waals surface area contributed by atoms with Crippen molar-refractivity contribution in [3.63, 3.8) is 0 Å². The number of hydrogen-bond donors (Lipinski definition) is 3. The first-order valence-corrected chi connectivity index (χ1v) is 3.69. The minimum absolute atomic E-state index is 0.0121. The van der Waals surface area contributed by atoms with Crippen molar-refractivity contribution < 1.29 is 19.9 Å². The van der Waals surface area contributed by atoms with Crippen LogP contribution >= 0.6 is 0 Å². The van der Waals surface area contributed by atoms with Gasteiger partial charge >= 0.3 is 13.1 Å². The Bertz CT molecular complexity index is 410. The molecule has 0 bridgehead atoms. The summed E-state index contributed by atoms with van der Waals surface area (Å²) in [6.07, 6.45) is 0. The Balaban J connectivity index is 3.30. The molecular weight excluding hydrogens is 185 g/mol. The lowest BCUT2D eigenvalue weighted by atomic mass is 9.79. The zero-order valence-electron chi connectivity index (χ0n) is 7.01. The molecule has 0 aliphatic rings. The predicted molar refractivity (Wildman–Crippen MR) is 47.9 cm³/mol. The molecule has 70 valence electrons. The summed E-state index contributed by atoms with van der Waals surface area (Å²) < 4.78 is 0. The fraction of sp³-hybridized carbons (Fsp3) is 0. The van der Waals surface area contributed by atoms with Crippen molar-refractivity contribution in [3.05, 3.63) is 29.3 Å². The van der Waals surface area contributed by atoms with Gasteiger partial charge in [-0.15, -0.1) is 0 Å². The van der Waals surface area contributed by atoms with E-state index in [1.165, 1.54) is 12.1 Å². The lowest BCUT2D eigenvalue weighted by Gasteiger charge is -2.02. The molecule has 0 unspecified atom stereocenters. The Kier molecular flexibility index (Phi) is 2.87. The van der Waals surface area contributed by atoms with Crippen LogP contribution < -0.4 is 5.46 Å². The summed E-state index contributed by atoms with van der Waals surface area (Å²) in [5, 5.41) is 34.8. The SMILES string of the molecule is N#Cc1ccc(B(O)O)cc1C(=O)O. The summed E-state index contributed by atoms with van der Waals surface area (Å²) in [4.78, 5) is 10.6. The number of carboxylic acid groups (broad SMARTS) is 1. The number of carbonyl (C=O) groups is 1. The zero-order chi connectivity index (χ0) is 10.7. The quantitative estimate of drug-likeness (QED) is 0.517. The molecule has 0 heterocycles. The van der Waals surface area contributed by atoms with E-state index in [0.29, 0.717) is 0 Å². The summed E-state index contributed by atoms with van der Waals surface area (Å²) in [5.41, 5.74) is -0.207. The lowest BCUT2D eigenvalue weighted by molar-refractivity contribution is 0.0696. The number of rotatable bonds is 2. The van der Waals surface area contributed by atoms with Crippen molar-refractivity contribution in [3.8, 4) is 6.07 Å². The topological polar surface area (TPSA) is 102 Å². The smallest absolute Gasteiger partial charge is 0.478 e. The van der Waals surface area contributed by atoms with Crippen LogP contribution in [0.25, 0.3) is 0 Å². The van der Waals surface area contributed by atoms with Gasteiger partial charge in [-0.2, -0.15) is 5.26 Å². The van der Waals surface area contributed by atoms with Gasteiger partial charge in [0.05, 0.1) is 11.1 Å². The Morgan fingerprint density at radius 3 is 2.50 bits per heavy atom. The molecule has 0 spiro atoms. The first kappa shape index (κ1) is 10.2. The van der Waals surface area contributed by atoms with Crippen molar-refractivity contribution in [1.82, 2.24) is 0 Å². The fourth-order valence-corrected chi connectivity index (χ4v) is 0.997. The van der Waals surface area contributed by atoms with E-state index in [4.69, 9.17) is 20.4 Å². The van der Waals surface area contributed by atoms with Crippen LogP contribution in [0.1, 0.15) is 15.9 Å². The second-order valence-corrected chi connectivity index (χ2v) is 2.60. The van der Waals surface area contributed by atoms with Crippen molar-refractivity contribution in [1.29, 1.82) is 5.26 Å². The standard InChI is InChI=1S/C8H6BNO4/c10-4-5-1-2-6(9(13)14)3-7(5)8(11)12/h1-3,13-14H,(H,11,12). The highest BCUT2D eigenvalue weighted by molar-refractivity contribution is 6.58. The van der Waals surface area contributed by atoms with E-state index in [1.807, 2.05) is 0 Å². The van der Waals surface area contributed by atoms with Gasteiger partial charge in [0.15, 0.2) is 0 Å². The molecule has 1 rings (SSSR count). The molecule has 0 saturated carbocycles. The van der Waals surface area contributed by atoms with Gasteiger partial charge in [0.25, 0.3) is 0 Å². The normalized spacial score (nSPS) is 9.21. The van der Waals surface area contributed by atoms with Crippen LogP contribution in [0, 0.1) is 11.3 Å². The van der Waals surface area contributed by atoms with E-state index in [2.05, 4.69) is 0 Å². The van der Waals surface area contributed by atoms with Crippen LogP contribution in [-0.2, 0) is 0 Å². The van der Waals surface area contributed by atoms with Gasteiger partial charge in [0.1, 0.15) is 6.07 Å². The van der Waals surface area contributed by atoms with Crippen LogP contribution in [0.2, 0.25) is 0 Å². The Morgan fingerprint density at radius 1 is 1.43 bits per heavy atom. The number of nitrogens with zero attached hydrogens (tertiary/aromatic N) is 1. The molecule has 0 fully saturated rings. The number of aromatic carboxylic acids is 1. The van der Waals surface area contributed by atoms with Gasteiger partial charge in [0, 0.05) is 0 Å². The molecule has 0 radical (unpaired) electrons. The van der Waals surface area contributed by atoms with E-state index in [0.717, 1.165) is 6.07 Å². The molecule has 3 N–H and O–H groups in total. The number of benzene rings is 1. The average molecular weight is 191 g/mol. The van der Waals surface area contributed by atoms with Gasteiger partial charge in [-0.3, -0.25) is 0 Å². The largest absolute Gasteiger partial charge is 0.488 e. The average Bonchev–Trinajstić information content (AvgIpc) is 2.16. The molecule has 0 amide bonds. The van der Waals surface area contributed by atoms with E-state index in [1.54, 1.807) is 6.07 Å². The minimum atomic E-state index is -1.74. The molecule has 14 heavy (non-hydrogen) atoms. The van der Waals surface area contributed by atoms with Crippen molar-refractivity contribution in [2.75, 3.05) is 0 Å². The molecule has 0 aliphatic heterocycles. The Morgan fingerprint density at radius 2 is 2.07 bits per heavy atom. The second kappa shape index (κ2) is 3.92. The predicted octanol–water partition coefficient (Wildman–Crippen LogP) is -1.06. The third-order valence-corrected chi connectivity index (χ3v) is 1.69. The molecule has 0 atom stereocenters. The van der Waals surface area contributed by atoms with E-state index in [9.17, 15) is 4.79 Å². The highest BCUT2D eigenvalue weighted by Crippen LogP contribution is 2.05. The van der Waals surface area contributed by atoms with E-state index < -0.39 is 13.1 Å². The van der Waals surface area contributed by atoms with Crippen molar-refractivity contribution >= 4 is 18.6 Å². The molecule has 6 heteroatoms. The maximum Gasteiger partial charge on any atom is 0.488 e. The van der Waals surface area contributed by atoms with Crippen LogP contribution in [-0.4, -0.2) is 28.2 Å². The number of hydrogen-bond acceptors (Lipinski definition) is 4. The van der Waals surface area contributed by atoms with Gasteiger partial charge in [-0.1, -0.05) is 6.07 Å². The summed E-state index contributed by atoms with van der Waals surface area (Å²) in [5.74, 6) is -1.27. The highest BCUT2D eigenvalue weighted by Gasteiger charge is 2.16. The maximum absolute atomic E-state index is 10.6. The summed E-state index contributed by atoms with van der Waals surface area (Å²) in [7, 11) is -1.74. The van der Waals surface area contributed by atoms with Crippen LogP contribution in [0.15, 0.2) is 18.2 Å². The van der Waals surface area contributed by atoms with Crippen LogP contribution in [0.3, 0.4) is 0 Å². The molecule has 0 aromatic heterocycles. The van der Waals surface area contributed by atoms with Crippen molar-refractivity contribution in [2.24, 2.45) is 0 Å². The first-order valence-electron chi connectivity index (χ1n) is 3.69. The summed E-state index contributed by atoms with van der Waals surface area (Å²) in [6, 6.07) is 5.28. The first-order chi connectivity index (χ1) is 6.56. The molecule has 1 aromatic rings. The number of nitriles is 1.